The summed E-state index contributed by atoms with van der Waals surface area (Å²) in [7, 11) is 2.75. The van der Waals surface area contributed by atoms with Gasteiger partial charge in [0.1, 0.15) is 35.6 Å². The number of esters is 4. The highest BCUT2D eigenvalue weighted by molar-refractivity contribution is 5.95. The van der Waals surface area contributed by atoms with Gasteiger partial charge in [0.05, 0.1) is 42.4 Å². The molecule has 1 heterocycles. The first kappa shape index (κ1) is 49.2. The lowest BCUT2D eigenvalue weighted by atomic mass is 9.31. The molecule has 8 rings (SSSR count). The molecule has 4 bridgehead atoms. The molecule has 5 fully saturated rings. The molecule has 1 amide bonds. The highest BCUT2D eigenvalue weighted by Crippen LogP contribution is 2.77. The number of Topliss-reactive ketones (excluding diaryl/α,β-unsaturated/α-hetero) is 1. The Morgan fingerprint density at radius 3 is 2.12 bits per heavy atom. The van der Waals surface area contributed by atoms with E-state index in [2.05, 4.69) is 5.32 Å². The quantitative estimate of drug-likeness (QED) is 0.132. The Kier molecular flexibility index (Phi) is 13.0. The van der Waals surface area contributed by atoms with Crippen molar-refractivity contribution in [3.05, 3.63) is 82.9 Å². The first-order valence-electron chi connectivity index (χ1n) is 22.2. The van der Waals surface area contributed by atoms with E-state index in [1.54, 1.807) is 90.1 Å². The number of alkyl carbamates (subject to hydrolysis) is 1. The number of hydrogen-bond donors (Lipinski definition) is 3. The second kappa shape index (κ2) is 17.8. The van der Waals surface area contributed by atoms with Gasteiger partial charge in [-0.05, 0) is 63.5 Å². The van der Waals surface area contributed by atoms with E-state index in [0.717, 1.165) is 0 Å². The van der Waals surface area contributed by atoms with Gasteiger partial charge in [0.25, 0.3) is 0 Å². The number of amides is 1. The molecule has 2 aromatic carbocycles. The summed E-state index contributed by atoms with van der Waals surface area (Å²) in [5.41, 5.74) is -9.23. The summed E-state index contributed by atoms with van der Waals surface area (Å²) in [6.45, 7) is 10.8. The number of hydrogen-bond acceptors (Lipinski definition) is 16. The molecule has 18 heteroatoms. The van der Waals surface area contributed by atoms with Gasteiger partial charge in [-0.25, -0.2) is 14.4 Å². The molecule has 18 nitrogen and oxygen atoms in total. The summed E-state index contributed by atoms with van der Waals surface area (Å²) in [5, 5.41) is 25.9. The lowest BCUT2D eigenvalue weighted by Crippen LogP contribution is -2.91. The minimum atomic E-state index is -2.25. The van der Waals surface area contributed by atoms with Crippen LogP contribution in [0.1, 0.15) is 103 Å². The Balaban J connectivity index is 1.41. The molecular weight excluding hydrogens is 875 g/mol. The Morgan fingerprint density at radius 1 is 0.925 bits per heavy atom. The van der Waals surface area contributed by atoms with E-state index in [0.29, 0.717) is 5.57 Å². The van der Waals surface area contributed by atoms with Gasteiger partial charge in [-0.3, -0.25) is 19.2 Å². The highest BCUT2D eigenvalue weighted by Gasteiger charge is 2.89. The maximum absolute atomic E-state index is 15.7. The number of fused-ring (bicyclic) bond motifs is 2. The van der Waals surface area contributed by atoms with E-state index in [4.69, 9.17) is 37.9 Å². The molecule has 0 unspecified atom stereocenters. The fourth-order valence-electron chi connectivity index (χ4n) is 11.8. The number of carbonyl (C=O) groups is 7. The zero-order chi connectivity index (χ0) is 49.1. The molecule has 12 atom stereocenters. The third-order valence-electron chi connectivity index (χ3n) is 14.5. The normalized spacial score (nSPS) is 33.6. The van der Waals surface area contributed by atoms with Gasteiger partial charge in [0.15, 0.2) is 17.0 Å². The number of ketones is 1. The Labute approximate surface area is 387 Å². The molecule has 1 saturated heterocycles. The summed E-state index contributed by atoms with van der Waals surface area (Å²) in [4.78, 5) is 96.7. The average molecular weight is 934 g/mol. The topological polar surface area (TPSA) is 246 Å². The molecule has 67 heavy (non-hydrogen) atoms. The maximum atomic E-state index is 15.7. The van der Waals surface area contributed by atoms with Crippen LogP contribution in [0, 0.1) is 16.7 Å². The van der Waals surface area contributed by atoms with Crippen LogP contribution in [0.4, 0.5) is 4.79 Å². The van der Waals surface area contributed by atoms with Gasteiger partial charge in [0, 0.05) is 45.8 Å². The number of rotatable bonds is 14. The van der Waals surface area contributed by atoms with Gasteiger partial charge in [-0.2, -0.15) is 0 Å². The number of aliphatic hydroxyl groups is 1. The molecule has 6 aliphatic rings. The van der Waals surface area contributed by atoms with Crippen LogP contribution in [0.15, 0.2) is 71.8 Å². The van der Waals surface area contributed by atoms with E-state index >= 15 is 4.79 Å². The van der Waals surface area contributed by atoms with E-state index in [1.807, 2.05) is 0 Å². The van der Waals surface area contributed by atoms with Crippen molar-refractivity contribution >= 4 is 41.7 Å². The fourth-order valence-corrected chi connectivity index (χ4v) is 11.8. The van der Waals surface area contributed by atoms with Crippen LogP contribution in [0.2, 0.25) is 0 Å². The lowest BCUT2D eigenvalue weighted by molar-refractivity contribution is -0.404. The van der Waals surface area contributed by atoms with Gasteiger partial charge in [-0.1, -0.05) is 55.5 Å². The molecule has 362 valence electrons. The smallest absolute Gasteiger partial charge is 0.408 e. The summed E-state index contributed by atoms with van der Waals surface area (Å²) in [6.07, 6.45) is -9.52. The van der Waals surface area contributed by atoms with Crippen molar-refractivity contribution in [1.29, 1.82) is 0 Å². The standard InChI is InChI=1S/C49H59NO17/c1-26-30(63-41(57)38(64-34(54)21-20-33(52)53)36(28-16-12-10-13-17-28)50-43(58)67-44(3,4)5)23-49(59)45(6)24-48(49,66-40(56)29-18-14-11-15-19-29)42-46(7,39(55)37(61-9)35(26)45)31(60-8)22-32-47(42,25-62-32)65-27(2)51/h10-19,30-32,36-38,42,59H,20-25H2,1-9H3,(H,50,58)(H,52,53)/t30-,31-,32+,36-,37+,38+,42-,45-,46-,47-,48+,49-/m0/s1. The van der Waals surface area contributed by atoms with Crippen LogP contribution in [-0.4, -0.2) is 126 Å². The summed E-state index contributed by atoms with van der Waals surface area (Å²) < 4.78 is 48.8. The third-order valence-corrected chi connectivity index (χ3v) is 14.5. The fraction of sp³-hybridized carbons (Fsp3) is 0.571. The molecule has 2 aromatic rings. The minimum Gasteiger partial charge on any atom is -0.481 e. The van der Waals surface area contributed by atoms with Gasteiger partial charge < -0.3 is 53.4 Å². The van der Waals surface area contributed by atoms with Crippen LogP contribution in [-0.2, 0) is 61.9 Å². The molecule has 0 radical (unpaired) electrons. The number of aliphatic carboxylic acids is 1. The van der Waals surface area contributed by atoms with Gasteiger partial charge >= 0.3 is 35.9 Å². The first-order chi connectivity index (χ1) is 31.4. The molecule has 0 aromatic heterocycles. The van der Waals surface area contributed by atoms with Crippen molar-refractivity contribution in [2.24, 2.45) is 16.7 Å². The third kappa shape index (κ3) is 8.08. The number of methoxy groups -OCH3 is 2. The number of carboxylic acid groups (broad SMARTS) is 1. The van der Waals surface area contributed by atoms with Crippen molar-refractivity contribution in [2.75, 3.05) is 20.8 Å². The SMILES string of the molecule is CO[C@H]1C(=O)[C@]2(C)[C@@H](OC)C[C@H]3OC[C@@]3(OC(C)=O)[C@H]2[C@]2(OC(=O)c3ccccc3)C[C@@]3(C)C1=C(C)[C@@H](OC(=O)[C@H](OC(=O)CCC(=O)O)[C@@H](NC(=O)OC(C)(C)C)c1ccccc1)C[C@]32O. The number of benzene rings is 2. The summed E-state index contributed by atoms with van der Waals surface area (Å²) >= 11 is 0. The second-order valence-electron chi connectivity index (χ2n) is 19.6. The molecule has 1 aliphatic heterocycles. The molecule has 0 spiro atoms. The molecule has 3 N–H and O–H groups in total. The van der Waals surface area contributed by atoms with Crippen LogP contribution >= 0.6 is 0 Å². The first-order valence-corrected chi connectivity index (χ1v) is 22.2. The van der Waals surface area contributed by atoms with Crippen LogP contribution < -0.4 is 5.32 Å². The zero-order valence-electron chi connectivity index (χ0n) is 39.1. The second-order valence-corrected chi connectivity index (χ2v) is 19.6. The van der Waals surface area contributed by atoms with E-state index in [-0.39, 0.29) is 36.1 Å². The van der Waals surface area contributed by atoms with Crippen LogP contribution in [0.3, 0.4) is 0 Å². The Bertz CT molecular complexity index is 2350. The van der Waals surface area contributed by atoms with Crippen molar-refractivity contribution in [1.82, 2.24) is 5.32 Å². The predicted molar refractivity (Wildman–Crippen MR) is 232 cm³/mol. The monoisotopic (exact) mass is 933 g/mol. The Morgan fingerprint density at radius 2 is 1.57 bits per heavy atom. The maximum Gasteiger partial charge on any atom is 0.408 e. The van der Waals surface area contributed by atoms with E-state index in [1.165, 1.54) is 33.3 Å². The van der Waals surface area contributed by atoms with Gasteiger partial charge in [0.2, 0.25) is 6.10 Å². The van der Waals surface area contributed by atoms with Crippen molar-refractivity contribution in [2.45, 2.75) is 140 Å². The summed E-state index contributed by atoms with van der Waals surface area (Å²) in [6, 6.07) is 14.6. The van der Waals surface area contributed by atoms with E-state index in [9.17, 15) is 39.0 Å². The number of nitrogens with one attached hydrogen (secondary N) is 1. The number of carbonyl (C=O) groups excluding carboxylic acids is 6. The summed E-state index contributed by atoms with van der Waals surface area (Å²) in [5.74, 6) is -7.14. The number of ether oxygens (including phenoxy) is 8. The largest absolute Gasteiger partial charge is 0.481 e. The molecule has 4 saturated carbocycles. The average Bonchev–Trinajstić information content (AvgIpc) is 3.25. The predicted octanol–water partition coefficient (Wildman–Crippen LogP) is 4.74. The van der Waals surface area contributed by atoms with E-state index < -0.39 is 137 Å². The number of carboxylic acids is 1. The Hall–Kier alpha value is -5.69. The van der Waals surface area contributed by atoms with Crippen molar-refractivity contribution in [3.63, 3.8) is 0 Å². The molecule has 5 aliphatic carbocycles. The van der Waals surface area contributed by atoms with Crippen LogP contribution in [0.25, 0.3) is 0 Å². The zero-order valence-corrected chi connectivity index (χ0v) is 39.1. The highest BCUT2D eigenvalue weighted by atomic mass is 16.6. The van der Waals surface area contributed by atoms with Gasteiger partial charge in [-0.15, -0.1) is 0 Å². The van der Waals surface area contributed by atoms with Crippen molar-refractivity contribution in [3.8, 4) is 0 Å². The van der Waals surface area contributed by atoms with Crippen molar-refractivity contribution < 1.29 is 81.7 Å². The molecular formula is C49H59NO17. The lowest BCUT2D eigenvalue weighted by Gasteiger charge is -2.78. The minimum absolute atomic E-state index is 0.0854. The van der Waals surface area contributed by atoms with Crippen LogP contribution in [0.5, 0.6) is 0 Å².